The fourth-order valence-corrected chi connectivity index (χ4v) is 10.9. The molecule has 0 aromatic heterocycles. The second kappa shape index (κ2) is 35.9. The molecule has 0 amide bonds. The van der Waals surface area contributed by atoms with Crippen LogP contribution in [-0.2, 0) is 120 Å². The number of rotatable bonds is 5. The van der Waals surface area contributed by atoms with Crippen molar-refractivity contribution < 1.29 is 98.1 Å². The third kappa shape index (κ3) is 23.7. The first-order chi connectivity index (χ1) is 40.2. The summed E-state index contributed by atoms with van der Waals surface area (Å²) in [6.45, 7) is 49.2. The molecule has 0 saturated carbocycles. The number of benzene rings is 9. The summed E-state index contributed by atoms with van der Waals surface area (Å²) < 4.78 is 0. The third-order valence-electron chi connectivity index (χ3n) is 16.4. The van der Waals surface area contributed by atoms with Gasteiger partial charge in [0, 0.05) is 98.1 Å². The third-order valence-corrected chi connectivity index (χ3v) is 16.4. The van der Waals surface area contributed by atoms with Crippen molar-refractivity contribution in [2.24, 2.45) is 5.41 Å². The van der Waals surface area contributed by atoms with Gasteiger partial charge in [0.1, 0.15) is 0 Å². The van der Waals surface area contributed by atoms with E-state index in [1.807, 2.05) is 36.4 Å². The minimum Gasteiger partial charge on any atom is -0.147 e. The Morgan fingerprint density at radius 2 is 0.689 bits per heavy atom. The van der Waals surface area contributed by atoms with Crippen molar-refractivity contribution in [3.63, 3.8) is 0 Å². The summed E-state index contributed by atoms with van der Waals surface area (Å²) in [6, 6.07) is 78.6. The Balaban J connectivity index is 0.000000379. The molecule has 0 saturated heterocycles. The molecular formula is C87H105Y3-3. The molecule has 1 aliphatic rings. The van der Waals surface area contributed by atoms with Crippen LogP contribution in [0, 0.1) is 65.2 Å². The zero-order valence-corrected chi connectivity index (χ0v) is 67.0. The van der Waals surface area contributed by atoms with Crippen molar-refractivity contribution in [2.45, 2.75) is 188 Å². The Bertz CT molecular complexity index is 3650. The van der Waals surface area contributed by atoms with E-state index in [-0.39, 0.29) is 133 Å². The maximum absolute atomic E-state index is 3.31. The van der Waals surface area contributed by atoms with Crippen LogP contribution in [0.1, 0.15) is 186 Å². The standard InChI is InChI=1S/2C18H22.2C17H19.C16H19.CH4.3Y/c1-13-7-6-8-14(2)17(13)15-9-11-16(12-10-15)18(3,4)5;1-13-11-16(18(3,4)5)12-14(2)17(13)15-9-7-6-8-10-15;1-13-12-15(17(2,3)4)10-11-16(13)14-8-6-5-7-9-14;1-13-10-11-15(17(2,3)4)12-16(13)14-8-6-5-7-9-14;1-12-10-14(16(2,3)4)11-15(12)13-8-6-5-7-9-13;;;;/h2*6-12H,1-5H3;2*5-8,10-12H,1-4H3;5-8,11H,10H2,1-4H3;1H4;;;/q;;3*-1;;;;. The van der Waals surface area contributed by atoms with Crippen molar-refractivity contribution in [3.05, 3.63) is 291 Å². The minimum atomic E-state index is 0. The van der Waals surface area contributed by atoms with E-state index in [0.717, 1.165) is 6.42 Å². The van der Waals surface area contributed by atoms with Crippen LogP contribution >= 0.6 is 0 Å². The molecule has 9 aromatic rings. The van der Waals surface area contributed by atoms with Gasteiger partial charge in [0.2, 0.25) is 0 Å². The Morgan fingerprint density at radius 1 is 0.300 bits per heavy atom. The van der Waals surface area contributed by atoms with Gasteiger partial charge in [-0.15, -0.1) is 119 Å². The molecule has 0 unspecified atom stereocenters. The van der Waals surface area contributed by atoms with Crippen LogP contribution in [-0.4, -0.2) is 0 Å². The van der Waals surface area contributed by atoms with Gasteiger partial charge in [-0.2, -0.15) is 0 Å². The average Bonchev–Trinajstić information content (AvgIpc) is 1.16. The summed E-state index contributed by atoms with van der Waals surface area (Å²) in [4.78, 5) is 0. The summed E-state index contributed by atoms with van der Waals surface area (Å²) in [5.41, 5.74) is 30.6. The first-order valence-electron chi connectivity index (χ1n) is 31.1. The largest absolute Gasteiger partial charge is 0.147 e. The van der Waals surface area contributed by atoms with Crippen molar-refractivity contribution in [3.8, 4) is 44.5 Å². The van der Waals surface area contributed by atoms with E-state index in [1.165, 1.54) is 122 Å². The summed E-state index contributed by atoms with van der Waals surface area (Å²) in [5.74, 6) is 0. The van der Waals surface area contributed by atoms with E-state index < -0.39 is 0 Å². The van der Waals surface area contributed by atoms with Crippen LogP contribution in [0.2, 0.25) is 0 Å². The van der Waals surface area contributed by atoms with Crippen LogP contribution in [0.15, 0.2) is 211 Å². The summed E-state index contributed by atoms with van der Waals surface area (Å²) in [5, 5.41) is 0. The summed E-state index contributed by atoms with van der Waals surface area (Å²) in [6.07, 6.45) is 3.46. The monoisotopic (exact) mass is 1420 g/mol. The van der Waals surface area contributed by atoms with Crippen LogP contribution < -0.4 is 0 Å². The molecule has 0 atom stereocenters. The minimum absolute atomic E-state index is 0. The molecule has 0 heterocycles. The second-order valence-electron chi connectivity index (χ2n) is 28.9. The fraction of sp³-hybridized carbons (Fsp3) is 0.333. The molecule has 0 bridgehead atoms. The van der Waals surface area contributed by atoms with Crippen LogP contribution in [0.5, 0.6) is 0 Å². The number of hydrogen-bond acceptors (Lipinski definition) is 0. The van der Waals surface area contributed by atoms with Gasteiger partial charge in [0.05, 0.1) is 0 Å². The van der Waals surface area contributed by atoms with E-state index in [4.69, 9.17) is 0 Å². The number of aryl methyl sites for hydroxylation is 6. The molecule has 90 heavy (non-hydrogen) atoms. The Hall–Kier alpha value is -4.23. The second-order valence-corrected chi connectivity index (χ2v) is 28.9. The van der Waals surface area contributed by atoms with E-state index in [9.17, 15) is 0 Å². The number of hydrogen-bond donors (Lipinski definition) is 0. The molecule has 0 N–H and O–H groups in total. The van der Waals surface area contributed by atoms with Gasteiger partial charge in [-0.25, -0.2) is 0 Å². The van der Waals surface area contributed by atoms with Crippen molar-refractivity contribution in [1.29, 1.82) is 0 Å². The SMILES string of the molecule is C.CC1=C(c2[c-]cccc2)C=C(C(C)(C)C)C1.Cc1cc(C(C)(C)C)cc(C)c1-c1ccccc1.Cc1cc(C(C)(C)C)ccc1-c1[c-]cccc1.Cc1ccc(C(C)(C)C)cc1-c1[c-]cccc1.Cc1cccc(C)c1-c1ccc(C(C)(C)C)cc1.[Y].[Y].[Y]. The molecule has 3 radical (unpaired) electrons. The molecule has 465 valence electrons. The Labute approximate surface area is 625 Å². The van der Waals surface area contributed by atoms with E-state index >= 15 is 0 Å². The van der Waals surface area contributed by atoms with Crippen molar-refractivity contribution in [2.75, 3.05) is 0 Å². The normalized spacial score (nSPS) is 12.0. The van der Waals surface area contributed by atoms with Gasteiger partial charge < -0.3 is 0 Å². The zero-order valence-electron chi connectivity index (χ0n) is 58.5. The molecule has 1 aliphatic carbocycles. The van der Waals surface area contributed by atoms with Gasteiger partial charge in [0.25, 0.3) is 0 Å². The maximum atomic E-state index is 3.31. The molecule has 9 aromatic carbocycles. The quantitative estimate of drug-likeness (QED) is 0.151. The molecule has 0 fully saturated rings. The Kier molecular flexibility index (Phi) is 32.6. The maximum Gasteiger partial charge on any atom is 0 e. The topological polar surface area (TPSA) is 0 Å². The molecule has 0 nitrogen and oxygen atoms in total. The van der Waals surface area contributed by atoms with Crippen LogP contribution in [0.25, 0.3) is 50.1 Å². The van der Waals surface area contributed by atoms with E-state index in [2.05, 4.69) is 334 Å². The predicted molar refractivity (Wildman–Crippen MR) is 385 cm³/mol. The van der Waals surface area contributed by atoms with Gasteiger partial charge in [-0.05, 0) is 136 Å². The summed E-state index contributed by atoms with van der Waals surface area (Å²) in [7, 11) is 0. The average molecular weight is 1420 g/mol. The molecule has 0 aliphatic heterocycles. The van der Waals surface area contributed by atoms with Gasteiger partial charge in [-0.1, -0.05) is 279 Å². The van der Waals surface area contributed by atoms with E-state index in [0.29, 0.717) is 0 Å². The first kappa shape index (κ1) is 81.9. The fourth-order valence-electron chi connectivity index (χ4n) is 10.9. The van der Waals surface area contributed by atoms with Gasteiger partial charge in [-0.3, -0.25) is 0 Å². The molecule has 10 rings (SSSR count). The van der Waals surface area contributed by atoms with Gasteiger partial charge >= 0.3 is 0 Å². The number of allylic oxidation sites excluding steroid dienone is 4. The molecule has 3 heteroatoms. The Morgan fingerprint density at radius 3 is 1.11 bits per heavy atom. The summed E-state index contributed by atoms with van der Waals surface area (Å²) >= 11 is 0. The predicted octanol–water partition coefficient (Wildman–Crippen LogP) is 25.3. The first-order valence-corrected chi connectivity index (χ1v) is 31.1. The van der Waals surface area contributed by atoms with Crippen molar-refractivity contribution >= 4 is 5.57 Å². The van der Waals surface area contributed by atoms with Crippen LogP contribution in [0.4, 0.5) is 0 Å². The molecular weight excluding hydrogens is 1310 g/mol. The molecule has 0 spiro atoms. The van der Waals surface area contributed by atoms with Crippen LogP contribution in [0.3, 0.4) is 0 Å². The van der Waals surface area contributed by atoms with Crippen molar-refractivity contribution in [1.82, 2.24) is 0 Å². The van der Waals surface area contributed by atoms with Gasteiger partial charge in [0.15, 0.2) is 0 Å². The zero-order chi connectivity index (χ0) is 63.4. The van der Waals surface area contributed by atoms with E-state index in [1.54, 1.807) is 0 Å². The smallest absolute Gasteiger partial charge is 0 e.